The van der Waals surface area contributed by atoms with Crippen molar-refractivity contribution in [2.24, 2.45) is 0 Å². The summed E-state index contributed by atoms with van der Waals surface area (Å²) in [5.74, 6) is 0. The number of nitrogens with zero attached hydrogens (tertiary/aromatic N) is 2. The Morgan fingerprint density at radius 2 is 2.17 bits per heavy atom. The number of aliphatic hydroxyl groups excluding tert-OH is 1. The molecule has 0 aromatic carbocycles. The van der Waals surface area contributed by atoms with Crippen LogP contribution in [0.5, 0.6) is 6.01 Å². The quantitative estimate of drug-likeness (QED) is 0.710. The van der Waals surface area contributed by atoms with Gasteiger partial charge in [-0.2, -0.15) is 0 Å². The van der Waals surface area contributed by atoms with Crippen molar-refractivity contribution in [3.05, 3.63) is 24.0 Å². The number of ether oxygens (including phenoxy) is 1. The summed E-state index contributed by atoms with van der Waals surface area (Å²) < 4.78 is 4.78. The monoisotopic (exact) mass is 166 g/mol. The van der Waals surface area contributed by atoms with Gasteiger partial charge in [0.25, 0.3) is 0 Å². The van der Waals surface area contributed by atoms with Gasteiger partial charge >= 0.3 is 6.01 Å². The van der Waals surface area contributed by atoms with Crippen LogP contribution < -0.4 is 4.74 Å². The molecule has 1 aromatic heterocycles. The van der Waals surface area contributed by atoms with Crippen molar-refractivity contribution in [1.29, 1.82) is 0 Å². The second-order valence-corrected chi connectivity index (χ2v) is 2.09. The normalized spacial score (nSPS) is 10.5. The van der Waals surface area contributed by atoms with Crippen LogP contribution >= 0.6 is 0 Å². The second kappa shape index (κ2) is 4.46. The van der Waals surface area contributed by atoms with Gasteiger partial charge in [0.05, 0.1) is 13.7 Å². The molecule has 64 valence electrons. The molecule has 1 rings (SSSR count). The van der Waals surface area contributed by atoms with Gasteiger partial charge in [-0.25, -0.2) is 9.97 Å². The van der Waals surface area contributed by atoms with Crippen molar-refractivity contribution in [3.8, 4) is 6.01 Å². The Morgan fingerprint density at radius 1 is 1.50 bits per heavy atom. The maximum atomic E-state index is 8.48. The van der Waals surface area contributed by atoms with Crippen LogP contribution in [0.15, 0.2) is 18.5 Å². The van der Waals surface area contributed by atoms with E-state index in [2.05, 4.69) is 9.97 Å². The maximum Gasteiger partial charge on any atom is 0.316 e. The third-order valence-electron chi connectivity index (χ3n) is 1.25. The summed E-state index contributed by atoms with van der Waals surface area (Å²) >= 11 is 0. The van der Waals surface area contributed by atoms with E-state index in [9.17, 15) is 0 Å². The molecule has 0 atom stereocenters. The summed E-state index contributed by atoms with van der Waals surface area (Å²) in [6.07, 6.45) is 6.60. The smallest absolute Gasteiger partial charge is 0.316 e. The number of methoxy groups -OCH3 is 1. The standard InChI is InChI=1S/C8H10N2O2/c1-12-8-9-5-7(6-10-8)3-2-4-11/h2-3,5-6,11H,4H2,1H3. The molecule has 0 amide bonds. The first kappa shape index (κ1) is 8.67. The predicted molar refractivity (Wildman–Crippen MR) is 44.7 cm³/mol. The number of aliphatic hydroxyl groups is 1. The van der Waals surface area contributed by atoms with Crippen LogP contribution in [0.1, 0.15) is 5.56 Å². The molecule has 0 aliphatic heterocycles. The molecule has 0 saturated heterocycles. The Labute approximate surface area is 70.5 Å². The number of aromatic nitrogens is 2. The van der Waals surface area contributed by atoms with Crippen LogP contribution in [0.3, 0.4) is 0 Å². The van der Waals surface area contributed by atoms with Gasteiger partial charge < -0.3 is 9.84 Å². The molecule has 0 bridgehead atoms. The van der Waals surface area contributed by atoms with Crippen LogP contribution in [-0.4, -0.2) is 28.8 Å². The first-order valence-corrected chi connectivity index (χ1v) is 3.50. The Balaban J connectivity index is 2.71. The topological polar surface area (TPSA) is 55.2 Å². The summed E-state index contributed by atoms with van der Waals surface area (Å²) in [6, 6.07) is 0.344. The van der Waals surface area contributed by atoms with Crippen molar-refractivity contribution in [3.63, 3.8) is 0 Å². The second-order valence-electron chi connectivity index (χ2n) is 2.09. The minimum Gasteiger partial charge on any atom is -0.467 e. The van der Waals surface area contributed by atoms with Gasteiger partial charge in [-0.3, -0.25) is 0 Å². The molecular weight excluding hydrogens is 156 g/mol. The Hall–Kier alpha value is -1.42. The fraction of sp³-hybridized carbons (Fsp3) is 0.250. The van der Waals surface area contributed by atoms with Gasteiger partial charge in [0.2, 0.25) is 0 Å². The fourth-order valence-corrected chi connectivity index (χ4v) is 0.706. The molecule has 1 N–H and O–H groups in total. The average Bonchev–Trinajstić information content (AvgIpc) is 2.15. The molecule has 1 heterocycles. The zero-order valence-electron chi connectivity index (χ0n) is 6.77. The zero-order chi connectivity index (χ0) is 8.81. The van der Waals surface area contributed by atoms with Crippen LogP contribution in [0.2, 0.25) is 0 Å². The highest BCUT2D eigenvalue weighted by atomic mass is 16.5. The molecule has 1 aromatic rings. The highest BCUT2D eigenvalue weighted by Crippen LogP contribution is 2.02. The zero-order valence-corrected chi connectivity index (χ0v) is 6.77. The van der Waals surface area contributed by atoms with Crippen molar-refractivity contribution in [2.75, 3.05) is 13.7 Å². The number of rotatable bonds is 3. The lowest BCUT2D eigenvalue weighted by atomic mass is 10.3. The van der Waals surface area contributed by atoms with Crippen LogP contribution in [0.4, 0.5) is 0 Å². The van der Waals surface area contributed by atoms with E-state index in [1.807, 2.05) is 0 Å². The molecule has 0 unspecified atom stereocenters. The SMILES string of the molecule is COc1ncc(C=CCO)cn1. The van der Waals surface area contributed by atoms with Crippen LogP contribution in [0, 0.1) is 0 Å². The summed E-state index contributed by atoms with van der Waals surface area (Å²) in [5.41, 5.74) is 0.838. The first-order chi connectivity index (χ1) is 5.86. The highest BCUT2D eigenvalue weighted by molar-refractivity contribution is 5.46. The molecule has 0 fully saturated rings. The molecule has 0 saturated carbocycles. The minimum absolute atomic E-state index is 0.0199. The Morgan fingerprint density at radius 3 is 2.67 bits per heavy atom. The van der Waals surface area contributed by atoms with E-state index >= 15 is 0 Å². The van der Waals surface area contributed by atoms with Crippen molar-refractivity contribution in [2.45, 2.75) is 0 Å². The van der Waals surface area contributed by atoms with Gasteiger partial charge in [0, 0.05) is 18.0 Å². The molecule has 0 radical (unpaired) electrons. The molecular formula is C8H10N2O2. The molecule has 4 nitrogen and oxygen atoms in total. The highest BCUT2D eigenvalue weighted by Gasteiger charge is 1.91. The van der Waals surface area contributed by atoms with Gasteiger partial charge in [-0.15, -0.1) is 0 Å². The number of hydrogen-bond acceptors (Lipinski definition) is 4. The van der Waals surface area contributed by atoms with E-state index < -0.39 is 0 Å². The lowest BCUT2D eigenvalue weighted by Gasteiger charge is -1.95. The van der Waals surface area contributed by atoms with E-state index in [0.717, 1.165) is 5.56 Å². The van der Waals surface area contributed by atoms with Crippen molar-refractivity contribution in [1.82, 2.24) is 9.97 Å². The Kier molecular flexibility index (Phi) is 3.22. The summed E-state index contributed by atoms with van der Waals surface area (Å²) in [5, 5.41) is 8.48. The maximum absolute atomic E-state index is 8.48. The van der Waals surface area contributed by atoms with Gasteiger partial charge in [0.15, 0.2) is 0 Å². The molecule has 0 aliphatic carbocycles. The lowest BCUT2D eigenvalue weighted by molar-refractivity contribution is 0.343. The molecule has 4 heteroatoms. The summed E-state index contributed by atoms with van der Waals surface area (Å²) in [7, 11) is 1.51. The third kappa shape index (κ3) is 2.32. The average molecular weight is 166 g/mol. The summed E-state index contributed by atoms with van der Waals surface area (Å²) in [6.45, 7) is 0.0199. The fourth-order valence-electron chi connectivity index (χ4n) is 0.706. The number of hydrogen-bond donors (Lipinski definition) is 1. The van der Waals surface area contributed by atoms with E-state index in [4.69, 9.17) is 9.84 Å². The van der Waals surface area contributed by atoms with Gasteiger partial charge in [-0.05, 0) is 0 Å². The van der Waals surface area contributed by atoms with Crippen molar-refractivity contribution >= 4 is 6.08 Å². The third-order valence-corrected chi connectivity index (χ3v) is 1.25. The van der Waals surface area contributed by atoms with E-state index in [1.54, 1.807) is 24.5 Å². The lowest BCUT2D eigenvalue weighted by Crippen LogP contribution is -1.90. The van der Waals surface area contributed by atoms with E-state index in [0.29, 0.717) is 6.01 Å². The van der Waals surface area contributed by atoms with E-state index in [1.165, 1.54) is 7.11 Å². The molecule has 12 heavy (non-hydrogen) atoms. The van der Waals surface area contributed by atoms with Crippen molar-refractivity contribution < 1.29 is 9.84 Å². The minimum atomic E-state index is 0.0199. The Bertz CT molecular complexity index is 256. The van der Waals surface area contributed by atoms with Crippen LogP contribution in [-0.2, 0) is 0 Å². The molecule has 0 aliphatic rings. The summed E-state index contributed by atoms with van der Waals surface area (Å²) in [4.78, 5) is 7.77. The van der Waals surface area contributed by atoms with Gasteiger partial charge in [0.1, 0.15) is 0 Å². The van der Waals surface area contributed by atoms with Gasteiger partial charge in [-0.1, -0.05) is 12.2 Å². The van der Waals surface area contributed by atoms with Crippen LogP contribution in [0.25, 0.3) is 6.08 Å². The first-order valence-electron chi connectivity index (χ1n) is 3.50. The predicted octanol–water partition coefficient (Wildman–Crippen LogP) is 0.491. The molecule has 0 spiro atoms. The largest absolute Gasteiger partial charge is 0.467 e. The van der Waals surface area contributed by atoms with E-state index in [-0.39, 0.29) is 6.61 Å².